The van der Waals surface area contributed by atoms with Gasteiger partial charge in [0, 0.05) is 23.0 Å². The summed E-state index contributed by atoms with van der Waals surface area (Å²) < 4.78 is 62.1. The molecule has 1 saturated carbocycles. The Balaban J connectivity index is 1.57. The second kappa shape index (κ2) is 8.04. The van der Waals surface area contributed by atoms with Gasteiger partial charge in [-0.05, 0) is 60.4 Å². The molecular formula is C24H17ClF3N3O4S. The van der Waals surface area contributed by atoms with Crippen LogP contribution in [-0.2, 0) is 14.6 Å². The van der Waals surface area contributed by atoms with Crippen LogP contribution in [0.4, 0.5) is 29.3 Å². The van der Waals surface area contributed by atoms with E-state index in [1.54, 1.807) is 36.5 Å². The van der Waals surface area contributed by atoms with Crippen LogP contribution in [0.25, 0.3) is 11.1 Å². The number of nitrogens with zero attached hydrogens (tertiary/aromatic N) is 3. The lowest BCUT2D eigenvalue weighted by Crippen LogP contribution is -2.39. The largest absolute Gasteiger partial charge is 0.501 e. The molecule has 1 aliphatic carbocycles. The van der Waals surface area contributed by atoms with Gasteiger partial charge in [0.05, 0.1) is 16.3 Å². The van der Waals surface area contributed by atoms with Gasteiger partial charge >= 0.3 is 11.5 Å². The minimum Gasteiger partial charge on any atom is -0.277 e. The number of carbonyl (C=O) groups is 2. The van der Waals surface area contributed by atoms with E-state index in [1.807, 2.05) is 6.92 Å². The van der Waals surface area contributed by atoms with Crippen molar-refractivity contribution in [2.24, 2.45) is 5.92 Å². The average Bonchev–Trinajstić information content (AvgIpc) is 3.45. The summed E-state index contributed by atoms with van der Waals surface area (Å²) >= 11 is 6.00. The summed E-state index contributed by atoms with van der Waals surface area (Å²) in [6.07, 6.45) is 3.44. The number of carbonyl (C=O) groups excluding carboxylic acids is 2. The molecular weight excluding hydrogens is 519 g/mol. The van der Waals surface area contributed by atoms with Gasteiger partial charge in [-0.1, -0.05) is 30.7 Å². The van der Waals surface area contributed by atoms with Crippen molar-refractivity contribution in [3.63, 3.8) is 0 Å². The van der Waals surface area contributed by atoms with Gasteiger partial charge in [0.1, 0.15) is 5.54 Å². The molecule has 5 rings (SSSR count). The Bertz CT molecular complexity index is 1490. The monoisotopic (exact) mass is 535 g/mol. The number of alkyl halides is 3. The number of amides is 3. The van der Waals surface area contributed by atoms with Crippen LogP contribution in [0.3, 0.4) is 0 Å². The van der Waals surface area contributed by atoms with Crippen LogP contribution in [0.1, 0.15) is 13.3 Å². The molecule has 36 heavy (non-hydrogen) atoms. The summed E-state index contributed by atoms with van der Waals surface area (Å²) in [6.45, 7) is 1.82. The van der Waals surface area contributed by atoms with Crippen LogP contribution in [0.2, 0.25) is 5.02 Å². The zero-order valence-electron chi connectivity index (χ0n) is 18.5. The van der Waals surface area contributed by atoms with Crippen LogP contribution in [0.15, 0.2) is 71.9 Å². The molecule has 0 N–H and O–H groups in total. The van der Waals surface area contributed by atoms with E-state index < -0.39 is 37.7 Å². The standard InChI is InChI=1S/C24H17ClF3N3O4S/c1-14-12-23(14)21(32)30(17-6-8-18(9-7-17)36(34,35)24(26,27)28)22(33)31(23)20-10-11-29-13-19(20)15-2-4-16(25)5-3-15/h2-11,13-14H,12H2,1H3. The van der Waals surface area contributed by atoms with Crippen molar-refractivity contribution in [2.75, 3.05) is 9.80 Å². The molecule has 2 atom stereocenters. The summed E-state index contributed by atoms with van der Waals surface area (Å²) in [5.41, 5.74) is -4.94. The minimum atomic E-state index is -5.57. The Kier molecular flexibility index (Phi) is 5.42. The van der Waals surface area contributed by atoms with Gasteiger partial charge in [-0.2, -0.15) is 13.2 Å². The highest BCUT2D eigenvalue weighted by atomic mass is 35.5. The van der Waals surface area contributed by atoms with Crippen LogP contribution < -0.4 is 9.80 Å². The summed E-state index contributed by atoms with van der Waals surface area (Å²) in [6, 6.07) is 11.3. The summed E-state index contributed by atoms with van der Waals surface area (Å²) in [4.78, 5) is 32.7. The van der Waals surface area contributed by atoms with E-state index in [2.05, 4.69) is 4.98 Å². The molecule has 2 heterocycles. The fraction of sp³-hybridized carbons (Fsp3) is 0.208. The van der Waals surface area contributed by atoms with Crippen molar-refractivity contribution >= 4 is 44.8 Å². The number of halogens is 4. The molecule has 2 fully saturated rings. The van der Waals surface area contributed by atoms with Crippen molar-refractivity contribution in [3.05, 3.63) is 72.0 Å². The fourth-order valence-electron chi connectivity index (χ4n) is 4.55. The molecule has 3 aromatic rings. The Morgan fingerprint density at radius 3 is 2.19 bits per heavy atom. The Hall–Kier alpha value is -3.44. The third-order valence-electron chi connectivity index (χ3n) is 6.53. The molecule has 12 heteroatoms. The molecule has 2 unspecified atom stereocenters. The van der Waals surface area contributed by atoms with E-state index in [0.29, 0.717) is 28.3 Å². The molecule has 1 saturated heterocycles. The molecule has 2 aromatic carbocycles. The Labute approximate surface area is 209 Å². The second-order valence-electron chi connectivity index (χ2n) is 8.63. The topological polar surface area (TPSA) is 87.7 Å². The van der Waals surface area contributed by atoms with E-state index in [0.717, 1.165) is 29.2 Å². The smallest absolute Gasteiger partial charge is 0.277 e. The first-order valence-electron chi connectivity index (χ1n) is 10.7. The maximum atomic E-state index is 13.7. The molecule has 1 aliphatic heterocycles. The highest BCUT2D eigenvalue weighted by Crippen LogP contribution is 2.56. The Morgan fingerprint density at radius 1 is 1.03 bits per heavy atom. The van der Waals surface area contributed by atoms with Crippen molar-refractivity contribution in [1.82, 2.24) is 4.98 Å². The zero-order chi connectivity index (χ0) is 26.0. The van der Waals surface area contributed by atoms with Gasteiger partial charge in [0.15, 0.2) is 0 Å². The van der Waals surface area contributed by atoms with E-state index in [4.69, 9.17) is 11.6 Å². The zero-order valence-corrected chi connectivity index (χ0v) is 20.1. The Morgan fingerprint density at radius 2 is 1.64 bits per heavy atom. The predicted octanol–water partition coefficient (Wildman–Crippen LogP) is 5.45. The van der Waals surface area contributed by atoms with Crippen molar-refractivity contribution in [2.45, 2.75) is 29.3 Å². The van der Waals surface area contributed by atoms with Gasteiger partial charge < -0.3 is 0 Å². The normalized spacial score (nSPS) is 22.0. The van der Waals surface area contributed by atoms with E-state index in [1.165, 1.54) is 11.1 Å². The maximum Gasteiger partial charge on any atom is 0.501 e. The SMILES string of the molecule is CC1CC12C(=O)N(c1ccc(S(=O)(=O)C(F)(F)F)cc1)C(=O)N2c1ccncc1-c1ccc(Cl)cc1. The van der Waals surface area contributed by atoms with E-state index in [9.17, 15) is 31.2 Å². The molecule has 186 valence electrons. The van der Waals surface area contributed by atoms with Crippen molar-refractivity contribution in [3.8, 4) is 11.1 Å². The lowest BCUT2D eigenvalue weighted by molar-refractivity contribution is -0.119. The third-order valence-corrected chi connectivity index (χ3v) is 8.29. The number of aromatic nitrogens is 1. The highest BCUT2D eigenvalue weighted by molar-refractivity contribution is 7.92. The van der Waals surface area contributed by atoms with Crippen LogP contribution in [0, 0.1) is 5.92 Å². The van der Waals surface area contributed by atoms with Crippen LogP contribution in [0.5, 0.6) is 0 Å². The van der Waals surface area contributed by atoms with E-state index in [-0.39, 0.29) is 11.6 Å². The third kappa shape index (κ3) is 3.48. The molecule has 1 spiro atoms. The number of urea groups is 1. The quantitative estimate of drug-likeness (QED) is 0.415. The van der Waals surface area contributed by atoms with Crippen LogP contribution >= 0.6 is 11.6 Å². The molecule has 1 aromatic heterocycles. The molecule has 0 radical (unpaired) electrons. The van der Waals surface area contributed by atoms with Crippen LogP contribution in [-0.4, -0.2) is 36.4 Å². The first-order valence-corrected chi connectivity index (χ1v) is 12.6. The number of imide groups is 1. The predicted molar refractivity (Wildman–Crippen MR) is 126 cm³/mol. The fourth-order valence-corrected chi connectivity index (χ4v) is 5.44. The number of benzene rings is 2. The molecule has 2 aliphatic rings. The number of hydrogen-bond acceptors (Lipinski definition) is 5. The first-order chi connectivity index (χ1) is 16.9. The van der Waals surface area contributed by atoms with Gasteiger partial charge in [-0.15, -0.1) is 0 Å². The van der Waals surface area contributed by atoms with Gasteiger partial charge in [0.25, 0.3) is 15.7 Å². The first kappa shape index (κ1) is 24.3. The maximum absolute atomic E-state index is 13.7. The molecule has 0 bridgehead atoms. The highest BCUT2D eigenvalue weighted by Gasteiger charge is 2.70. The number of anilines is 2. The number of sulfone groups is 1. The lowest BCUT2D eigenvalue weighted by Gasteiger charge is -2.25. The summed E-state index contributed by atoms with van der Waals surface area (Å²) in [5.74, 6) is -0.722. The average molecular weight is 536 g/mol. The van der Waals surface area contributed by atoms with Crippen molar-refractivity contribution in [1.29, 1.82) is 0 Å². The summed E-state index contributed by atoms with van der Waals surface area (Å²) in [7, 11) is -5.57. The summed E-state index contributed by atoms with van der Waals surface area (Å²) in [5, 5.41) is 0.520. The second-order valence-corrected chi connectivity index (χ2v) is 11.0. The van der Waals surface area contributed by atoms with Crippen molar-refractivity contribution < 1.29 is 31.2 Å². The molecule has 3 amide bonds. The van der Waals surface area contributed by atoms with E-state index >= 15 is 0 Å². The number of rotatable bonds is 4. The number of pyridine rings is 1. The lowest BCUT2D eigenvalue weighted by atomic mass is 10.0. The minimum absolute atomic E-state index is 0.0331. The van der Waals surface area contributed by atoms with Gasteiger partial charge in [-0.25, -0.2) is 18.1 Å². The van der Waals surface area contributed by atoms with Gasteiger partial charge in [0.2, 0.25) is 0 Å². The molecule has 7 nitrogen and oxygen atoms in total. The number of hydrogen-bond donors (Lipinski definition) is 0. The van der Waals surface area contributed by atoms with Gasteiger partial charge in [-0.3, -0.25) is 14.7 Å².